The number of guanidine groups is 1. The molecule has 1 aromatic rings. The van der Waals surface area contributed by atoms with Crippen molar-refractivity contribution in [3.05, 3.63) is 35.4 Å². The van der Waals surface area contributed by atoms with Crippen LogP contribution < -0.4 is 5.32 Å². The van der Waals surface area contributed by atoms with Gasteiger partial charge in [-0.25, -0.2) is 4.99 Å². The van der Waals surface area contributed by atoms with Crippen LogP contribution in [0.1, 0.15) is 30.9 Å². The summed E-state index contributed by atoms with van der Waals surface area (Å²) in [5.74, 6) is 0.847. The van der Waals surface area contributed by atoms with E-state index in [0.717, 1.165) is 45.0 Å². The van der Waals surface area contributed by atoms with Gasteiger partial charge in [0.25, 0.3) is 0 Å². The maximum absolute atomic E-state index is 11.7. The van der Waals surface area contributed by atoms with Crippen molar-refractivity contribution in [3.63, 3.8) is 0 Å². The number of likely N-dealkylation sites (tertiary alicyclic amines) is 1. The molecule has 0 saturated carbocycles. The first-order chi connectivity index (χ1) is 12.5. The molecular weight excluding hydrogens is 328 g/mol. The van der Waals surface area contributed by atoms with Crippen molar-refractivity contribution in [2.75, 3.05) is 40.8 Å². The first kappa shape index (κ1) is 20.2. The molecule has 1 aliphatic heterocycles. The van der Waals surface area contributed by atoms with E-state index in [2.05, 4.69) is 60.4 Å². The Balaban J connectivity index is 2.00. The van der Waals surface area contributed by atoms with Crippen LogP contribution in [0.15, 0.2) is 29.3 Å². The van der Waals surface area contributed by atoms with Crippen LogP contribution in [0.25, 0.3) is 0 Å². The molecule has 6 heteroatoms. The van der Waals surface area contributed by atoms with Gasteiger partial charge in [0.05, 0.1) is 19.6 Å². The van der Waals surface area contributed by atoms with Crippen LogP contribution in [0.4, 0.5) is 0 Å². The van der Waals surface area contributed by atoms with E-state index in [-0.39, 0.29) is 11.9 Å². The SMILES string of the molecule is CCNC(=NCc1cccc(CN(C)C)c1)N1CCC(C(=O)OC)CC1. The van der Waals surface area contributed by atoms with Gasteiger partial charge in [-0.05, 0) is 45.0 Å². The molecule has 0 atom stereocenters. The minimum atomic E-state index is -0.0932. The Morgan fingerprint density at radius 2 is 2.00 bits per heavy atom. The predicted octanol–water partition coefficient (Wildman–Crippen LogP) is 2.10. The number of hydrogen-bond acceptors (Lipinski definition) is 4. The van der Waals surface area contributed by atoms with Gasteiger partial charge in [-0.15, -0.1) is 0 Å². The summed E-state index contributed by atoms with van der Waals surface area (Å²) in [6.07, 6.45) is 1.63. The second-order valence-corrected chi connectivity index (χ2v) is 7.01. The molecule has 0 radical (unpaired) electrons. The number of carbonyl (C=O) groups is 1. The molecule has 1 aliphatic rings. The number of hydrogen-bond donors (Lipinski definition) is 1. The lowest BCUT2D eigenvalue weighted by atomic mass is 9.97. The highest BCUT2D eigenvalue weighted by Crippen LogP contribution is 2.18. The molecule has 1 fully saturated rings. The monoisotopic (exact) mass is 360 g/mol. The molecule has 1 saturated heterocycles. The minimum absolute atomic E-state index is 0.0156. The van der Waals surface area contributed by atoms with E-state index in [9.17, 15) is 4.79 Å². The standard InChI is InChI=1S/C20H32N4O2/c1-5-21-20(24-11-9-18(10-12-24)19(25)26-4)22-14-16-7-6-8-17(13-16)15-23(2)3/h6-8,13,18H,5,9-12,14-15H2,1-4H3,(H,21,22). The summed E-state index contributed by atoms with van der Waals surface area (Å²) in [5, 5.41) is 3.38. The third-order valence-corrected chi connectivity index (χ3v) is 4.57. The molecular formula is C20H32N4O2. The lowest BCUT2D eigenvalue weighted by Gasteiger charge is -2.33. The number of benzene rings is 1. The number of methoxy groups -OCH3 is 1. The van der Waals surface area contributed by atoms with E-state index < -0.39 is 0 Å². The Morgan fingerprint density at radius 3 is 2.62 bits per heavy atom. The molecule has 0 bridgehead atoms. The van der Waals surface area contributed by atoms with Crippen molar-refractivity contribution in [3.8, 4) is 0 Å². The number of aliphatic imine (C=N–C) groups is 1. The van der Waals surface area contributed by atoms with Crippen molar-refractivity contribution >= 4 is 11.9 Å². The molecule has 0 aromatic heterocycles. The summed E-state index contributed by atoms with van der Waals surface area (Å²) in [7, 11) is 5.61. The van der Waals surface area contributed by atoms with Gasteiger partial charge in [-0.2, -0.15) is 0 Å². The van der Waals surface area contributed by atoms with Crippen molar-refractivity contribution < 1.29 is 9.53 Å². The van der Waals surface area contributed by atoms with Crippen LogP contribution in [0.3, 0.4) is 0 Å². The van der Waals surface area contributed by atoms with Crippen LogP contribution in [0.5, 0.6) is 0 Å². The number of ether oxygens (including phenoxy) is 1. The summed E-state index contributed by atoms with van der Waals surface area (Å²) in [4.78, 5) is 20.9. The first-order valence-electron chi connectivity index (χ1n) is 9.37. The van der Waals surface area contributed by atoms with E-state index in [0.29, 0.717) is 6.54 Å². The average molecular weight is 361 g/mol. The van der Waals surface area contributed by atoms with Crippen LogP contribution in [-0.4, -0.2) is 62.6 Å². The Hall–Kier alpha value is -2.08. The molecule has 0 spiro atoms. The first-order valence-corrected chi connectivity index (χ1v) is 9.37. The molecule has 0 aliphatic carbocycles. The predicted molar refractivity (Wildman–Crippen MR) is 105 cm³/mol. The van der Waals surface area contributed by atoms with E-state index in [1.807, 2.05) is 0 Å². The molecule has 1 heterocycles. The smallest absolute Gasteiger partial charge is 0.308 e. The number of rotatable bonds is 6. The fourth-order valence-electron chi connectivity index (χ4n) is 3.28. The molecule has 144 valence electrons. The summed E-state index contributed by atoms with van der Waals surface area (Å²) in [6, 6.07) is 8.58. The van der Waals surface area contributed by atoms with E-state index in [1.165, 1.54) is 18.2 Å². The van der Waals surface area contributed by atoms with Crippen molar-refractivity contribution in [1.82, 2.24) is 15.1 Å². The number of esters is 1. The Kier molecular flexibility index (Phi) is 7.91. The van der Waals surface area contributed by atoms with Gasteiger partial charge in [0.15, 0.2) is 5.96 Å². The largest absolute Gasteiger partial charge is 0.469 e. The van der Waals surface area contributed by atoms with E-state index in [1.54, 1.807) is 0 Å². The maximum Gasteiger partial charge on any atom is 0.308 e. The lowest BCUT2D eigenvalue weighted by Crippen LogP contribution is -2.46. The molecule has 0 amide bonds. The molecule has 6 nitrogen and oxygen atoms in total. The van der Waals surface area contributed by atoms with Gasteiger partial charge in [0.1, 0.15) is 0 Å². The fourth-order valence-corrected chi connectivity index (χ4v) is 3.28. The quantitative estimate of drug-likeness (QED) is 0.478. The lowest BCUT2D eigenvalue weighted by molar-refractivity contribution is -0.146. The third kappa shape index (κ3) is 6.02. The number of nitrogens with zero attached hydrogens (tertiary/aromatic N) is 3. The number of piperidine rings is 1. The highest BCUT2D eigenvalue weighted by atomic mass is 16.5. The zero-order valence-corrected chi connectivity index (χ0v) is 16.5. The number of nitrogens with one attached hydrogen (secondary N) is 1. The molecule has 1 N–H and O–H groups in total. The molecule has 26 heavy (non-hydrogen) atoms. The highest BCUT2D eigenvalue weighted by molar-refractivity contribution is 5.80. The van der Waals surface area contributed by atoms with Gasteiger partial charge >= 0.3 is 5.97 Å². The van der Waals surface area contributed by atoms with Crippen LogP contribution >= 0.6 is 0 Å². The molecule has 2 rings (SSSR count). The third-order valence-electron chi connectivity index (χ3n) is 4.57. The zero-order valence-electron chi connectivity index (χ0n) is 16.5. The van der Waals surface area contributed by atoms with Crippen LogP contribution in [-0.2, 0) is 22.6 Å². The summed E-state index contributed by atoms with van der Waals surface area (Å²) in [6.45, 7) is 6.14. The second-order valence-electron chi connectivity index (χ2n) is 7.01. The Morgan fingerprint density at radius 1 is 1.31 bits per heavy atom. The van der Waals surface area contributed by atoms with Crippen molar-refractivity contribution in [2.24, 2.45) is 10.9 Å². The van der Waals surface area contributed by atoms with Gasteiger partial charge in [0.2, 0.25) is 0 Å². The normalized spacial score (nSPS) is 16.0. The molecule has 1 aromatic carbocycles. The van der Waals surface area contributed by atoms with Gasteiger partial charge in [0, 0.05) is 26.2 Å². The van der Waals surface area contributed by atoms with Gasteiger partial charge in [-0.1, -0.05) is 24.3 Å². The van der Waals surface area contributed by atoms with Crippen LogP contribution in [0.2, 0.25) is 0 Å². The van der Waals surface area contributed by atoms with Gasteiger partial charge in [-0.3, -0.25) is 4.79 Å². The average Bonchev–Trinajstić information content (AvgIpc) is 2.64. The summed E-state index contributed by atoms with van der Waals surface area (Å²) >= 11 is 0. The minimum Gasteiger partial charge on any atom is -0.469 e. The highest BCUT2D eigenvalue weighted by Gasteiger charge is 2.26. The Bertz CT molecular complexity index is 608. The second kappa shape index (κ2) is 10.2. The van der Waals surface area contributed by atoms with Crippen LogP contribution in [0, 0.1) is 5.92 Å². The van der Waals surface area contributed by atoms with E-state index in [4.69, 9.17) is 9.73 Å². The van der Waals surface area contributed by atoms with Gasteiger partial charge < -0.3 is 19.9 Å². The number of carbonyl (C=O) groups excluding carboxylic acids is 1. The fraction of sp³-hybridized carbons (Fsp3) is 0.600. The maximum atomic E-state index is 11.7. The molecule has 0 unspecified atom stereocenters. The topological polar surface area (TPSA) is 57.2 Å². The summed E-state index contributed by atoms with van der Waals surface area (Å²) in [5.41, 5.74) is 2.51. The van der Waals surface area contributed by atoms with E-state index >= 15 is 0 Å². The van der Waals surface area contributed by atoms with Crippen molar-refractivity contribution in [1.29, 1.82) is 0 Å². The Labute approximate surface area is 157 Å². The zero-order chi connectivity index (χ0) is 18.9. The van der Waals surface area contributed by atoms with Crippen molar-refractivity contribution in [2.45, 2.75) is 32.9 Å². The summed E-state index contributed by atoms with van der Waals surface area (Å²) < 4.78 is 4.87.